The van der Waals surface area contributed by atoms with Gasteiger partial charge in [-0.25, -0.2) is 4.79 Å². The molecule has 0 aliphatic rings. The molecule has 56 valence electrons. The van der Waals surface area contributed by atoms with Crippen LogP contribution in [-0.4, -0.2) is 16.4 Å². The molecule has 0 aliphatic heterocycles. The van der Waals surface area contributed by atoms with E-state index >= 15 is 0 Å². The lowest BCUT2D eigenvalue weighted by Crippen LogP contribution is -2.00. The maximum absolute atomic E-state index is 10.5. The first-order valence-corrected chi connectivity index (χ1v) is 3.50. The van der Waals surface area contributed by atoms with Crippen LogP contribution in [0.3, 0.4) is 0 Å². The van der Waals surface area contributed by atoms with Gasteiger partial charge in [-0.1, -0.05) is 30.4 Å². The summed E-state index contributed by atoms with van der Waals surface area (Å²) < 4.78 is 0. The third kappa shape index (κ3) is 1.62. The highest BCUT2D eigenvalue weighted by Crippen LogP contribution is 2.05. The van der Waals surface area contributed by atoms with Crippen molar-refractivity contribution in [3.8, 4) is 0 Å². The largest absolute Gasteiger partial charge is 0.478 e. The van der Waals surface area contributed by atoms with Crippen molar-refractivity contribution in [2.24, 2.45) is 0 Å². The summed E-state index contributed by atoms with van der Waals surface area (Å²) in [5.41, 5.74) is 0.831. The second-order valence-electron chi connectivity index (χ2n) is 2.01. The van der Waals surface area contributed by atoms with Gasteiger partial charge < -0.3 is 5.11 Å². The molecule has 0 spiro atoms. The monoisotopic (exact) mass is 166 g/mol. The standard InChI is InChI=1S/C8H6O2S/c9-8(10)7-4-2-1-3-6(7)5-11/h1-5H,(H,9,10). The van der Waals surface area contributed by atoms with Crippen molar-refractivity contribution in [1.29, 1.82) is 0 Å². The quantitative estimate of drug-likeness (QED) is 0.680. The van der Waals surface area contributed by atoms with E-state index in [1.54, 1.807) is 18.2 Å². The van der Waals surface area contributed by atoms with Crippen molar-refractivity contribution in [1.82, 2.24) is 0 Å². The Morgan fingerprint density at radius 3 is 2.55 bits per heavy atom. The molecule has 11 heavy (non-hydrogen) atoms. The van der Waals surface area contributed by atoms with E-state index < -0.39 is 5.97 Å². The van der Waals surface area contributed by atoms with Gasteiger partial charge in [0.1, 0.15) is 0 Å². The summed E-state index contributed by atoms with van der Waals surface area (Å²) in [4.78, 5) is 10.5. The third-order valence-corrected chi connectivity index (χ3v) is 1.57. The number of rotatable bonds is 2. The SMILES string of the molecule is O=C(O)c1ccccc1C=S. The zero-order chi connectivity index (χ0) is 8.27. The number of carbonyl (C=O) groups is 1. The summed E-state index contributed by atoms with van der Waals surface area (Å²) in [7, 11) is 0. The molecule has 0 radical (unpaired) electrons. The third-order valence-electron chi connectivity index (χ3n) is 1.32. The summed E-state index contributed by atoms with van der Waals surface area (Å²) in [6, 6.07) is 6.63. The van der Waals surface area contributed by atoms with Crippen molar-refractivity contribution < 1.29 is 9.90 Å². The Hall–Kier alpha value is -1.22. The number of aromatic carboxylic acids is 1. The lowest BCUT2D eigenvalue weighted by atomic mass is 10.1. The Bertz CT molecular complexity index is 294. The molecule has 0 aliphatic carbocycles. The molecule has 0 saturated heterocycles. The Morgan fingerprint density at radius 2 is 2.09 bits per heavy atom. The Kier molecular flexibility index (Phi) is 2.33. The minimum absolute atomic E-state index is 0.252. The van der Waals surface area contributed by atoms with E-state index in [1.165, 1.54) is 11.4 Å². The van der Waals surface area contributed by atoms with E-state index in [0.29, 0.717) is 5.56 Å². The summed E-state index contributed by atoms with van der Waals surface area (Å²) >= 11 is 4.64. The maximum Gasteiger partial charge on any atom is 0.336 e. The first-order valence-electron chi connectivity index (χ1n) is 3.03. The normalized spacial score (nSPS) is 9.09. The van der Waals surface area contributed by atoms with Crippen molar-refractivity contribution >= 4 is 23.6 Å². The van der Waals surface area contributed by atoms with Crippen LogP contribution in [-0.2, 0) is 0 Å². The number of hydrogen-bond acceptors (Lipinski definition) is 2. The number of carboxylic acids is 1. The Labute approximate surface area is 69.5 Å². The summed E-state index contributed by atoms with van der Waals surface area (Å²) in [6.45, 7) is 0. The lowest BCUT2D eigenvalue weighted by molar-refractivity contribution is 0.0697. The van der Waals surface area contributed by atoms with E-state index in [9.17, 15) is 4.79 Å². The van der Waals surface area contributed by atoms with Crippen molar-refractivity contribution in [2.45, 2.75) is 0 Å². The molecule has 1 rings (SSSR count). The minimum atomic E-state index is -0.943. The highest BCUT2D eigenvalue weighted by atomic mass is 32.1. The molecule has 0 bridgehead atoms. The van der Waals surface area contributed by atoms with E-state index in [2.05, 4.69) is 12.2 Å². The molecule has 0 amide bonds. The van der Waals surface area contributed by atoms with Gasteiger partial charge in [0.2, 0.25) is 0 Å². The highest BCUT2D eigenvalue weighted by Gasteiger charge is 2.04. The first-order chi connectivity index (χ1) is 5.25. The van der Waals surface area contributed by atoms with Crippen LogP contribution < -0.4 is 0 Å². The van der Waals surface area contributed by atoms with Gasteiger partial charge in [-0.05, 0) is 11.6 Å². The van der Waals surface area contributed by atoms with Crippen LogP contribution in [0.1, 0.15) is 15.9 Å². The summed E-state index contributed by atoms with van der Waals surface area (Å²) in [6.07, 6.45) is 0. The van der Waals surface area contributed by atoms with Crippen LogP contribution >= 0.6 is 12.2 Å². The van der Waals surface area contributed by atoms with Crippen LogP contribution in [0.4, 0.5) is 0 Å². The molecule has 0 saturated carbocycles. The molecular formula is C8H6O2S. The molecule has 1 N–H and O–H groups in total. The van der Waals surface area contributed by atoms with Crippen molar-refractivity contribution in [3.05, 3.63) is 35.4 Å². The van der Waals surface area contributed by atoms with E-state index in [4.69, 9.17) is 5.11 Å². The molecule has 1 aromatic carbocycles. The maximum atomic E-state index is 10.5. The fourth-order valence-electron chi connectivity index (χ4n) is 0.795. The van der Waals surface area contributed by atoms with Crippen LogP contribution in [0.25, 0.3) is 0 Å². The van der Waals surface area contributed by atoms with Gasteiger partial charge in [0.15, 0.2) is 0 Å². The zero-order valence-electron chi connectivity index (χ0n) is 5.65. The van der Waals surface area contributed by atoms with Crippen LogP contribution in [0, 0.1) is 0 Å². The number of benzene rings is 1. The second-order valence-corrected chi connectivity index (χ2v) is 2.25. The van der Waals surface area contributed by atoms with E-state index in [0.717, 1.165) is 0 Å². The summed E-state index contributed by atoms with van der Waals surface area (Å²) in [5.74, 6) is -0.943. The molecule has 0 fully saturated rings. The van der Waals surface area contributed by atoms with Crippen LogP contribution in [0.5, 0.6) is 0 Å². The number of hydrogen-bond donors (Lipinski definition) is 1. The van der Waals surface area contributed by atoms with Gasteiger partial charge in [-0.15, -0.1) is 0 Å². The molecular weight excluding hydrogens is 160 g/mol. The average Bonchev–Trinajstić information content (AvgIpc) is 2.04. The summed E-state index contributed by atoms with van der Waals surface area (Å²) in [5, 5.41) is 9.99. The Morgan fingerprint density at radius 1 is 1.45 bits per heavy atom. The molecule has 1 aromatic rings. The van der Waals surface area contributed by atoms with E-state index in [1.807, 2.05) is 0 Å². The highest BCUT2D eigenvalue weighted by molar-refractivity contribution is 7.79. The zero-order valence-corrected chi connectivity index (χ0v) is 6.47. The van der Waals surface area contributed by atoms with Gasteiger partial charge >= 0.3 is 5.97 Å². The lowest BCUT2D eigenvalue weighted by Gasteiger charge is -1.96. The fourth-order valence-corrected chi connectivity index (χ4v) is 1.00. The van der Waals surface area contributed by atoms with Gasteiger partial charge in [0, 0.05) is 5.37 Å². The second kappa shape index (κ2) is 3.25. The average molecular weight is 166 g/mol. The first kappa shape index (κ1) is 7.88. The predicted octanol–water partition coefficient (Wildman–Crippen LogP) is 1.73. The van der Waals surface area contributed by atoms with Gasteiger partial charge in [0.05, 0.1) is 5.56 Å². The van der Waals surface area contributed by atoms with Crippen molar-refractivity contribution in [3.63, 3.8) is 0 Å². The smallest absolute Gasteiger partial charge is 0.336 e. The Balaban J connectivity index is 3.22. The molecule has 2 nitrogen and oxygen atoms in total. The van der Waals surface area contributed by atoms with E-state index in [-0.39, 0.29) is 5.56 Å². The molecule has 0 atom stereocenters. The van der Waals surface area contributed by atoms with Crippen LogP contribution in [0.2, 0.25) is 0 Å². The fraction of sp³-hybridized carbons (Fsp3) is 0. The van der Waals surface area contributed by atoms with Crippen LogP contribution in [0.15, 0.2) is 24.3 Å². The molecule has 3 heteroatoms. The number of thiocarbonyl (C=S) groups is 1. The van der Waals surface area contributed by atoms with Gasteiger partial charge in [-0.3, -0.25) is 0 Å². The van der Waals surface area contributed by atoms with Gasteiger partial charge in [0.25, 0.3) is 0 Å². The molecule has 0 unspecified atom stereocenters. The van der Waals surface area contributed by atoms with Gasteiger partial charge in [-0.2, -0.15) is 0 Å². The minimum Gasteiger partial charge on any atom is -0.478 e. The predicted molar refractivity (Wildman–Crippen MR) is 46.2 cm³/mol. The number of carboxylic acid groups (broad SMARTS) is 1. The topological polar surface area (TPSA) is 37.3 Å². The molecule has 0 heterocycles. The van der Waals surface area contributed by atoms with Crippen molar-refractivity contribution in [2.75, 3.05) is 0 Å². The molecule has 0 aromatic heterocycles.